The number of carbonyl (C=O) groups is 1. The number of benzene rings is 1. The molecule has 2 aliphatic heterocycles. The molecule has 0 spiro atoms. The van der Waals surface area contributed by atoms with E-state index in [9.17, 15) is 18.0 Å². The smallest absolute Gasteiger partial charge is 0.367 e. The molecule has 1 aromatic heterocycles. The van der Waals surface area contributed by atoms with Gasteiger partial charge in [0.1, 0.15) is 5.82 Å². The molecule has 0 aliphatic carbocycles. The van der Waals surface area contributed by atoms with E-state index in [2.05, 4.69) is 10.4 Å². The van der Waals surface area contributed by atoms with Gasteiger partial charge in [-0.15, -0.1) is 0 Å². The van der Waals surface area contributed by atoms with Gasteiger partial charge in [-0.3, -0.25) is 4.79 Å². The van der Waals surface area contributed by atoms with Crippen LogP contribution in [0.15, 0.2) is 30.3 Å². The Kier molecular flexibility index (Phi) is 5.75. The van der Waals surface area contributed by atoms with Gasteiger partial charge >= 0.3 is 6.18 Å². The molecule has 1 aromatic carbocycles. The molecule has 2 aliphatic rings. The maximum atomic E-state index is 13.8. The van der Waals surface area contributed by atoms with Gasteiger partial charge in [-0.2, -0.15) is 18.3 Å². The highest BCUT2D eigenvalue weighted by Crippen LogP contribution is 2.44. The maximum absolute atomic E-state index is 13.8. The lowest BCUT2D eigenvalue weighted by molar-refractivity contribution is -0.175. The molecule has 1 saturated heterocycles. The minimum Gasteiger partial charge on any atom is -0.367 e. The number of carbonyl (C=O) groups excluding carboxylic acids is 1. The van der Waals surface area contributed by atoms with E-state index in [1.54, 1.807) is 6.07 Å². The third kappa shape index (κ3) is 4.50. The van der Waals surface area contributed by atoms with Gasteiger partial charge in [0.25, 0.3) is 0 Å². The molecule has 174 valence electrons. The summed E-state index contributed by atoms with van der Waals surface area (Å²) in [6, 6.07) is 7.61. The fraction of sp³-hybridized carbons (Fsp3) is 0.583. The van der Waals surface area contributed by atoms with Crippen LogP contribution in [0.4, 0.5) is 19.0 Å². The molecule has 0 unspecified atom stereocenters. The second-order valence-electron chi connectivity index (χ2n) is 10.2. The molecule has 8 heteroatoms. The third-order valence-corrected chi connectivity index (χ3v) is 6.82. The molecule has 1 fully saturated rings. The fourth-order valence-corrected chi connectivity index (χ4v) is 4.67. The Balaban J connectivity index is 1.51. The van der Waals surface area contributed by atoms with E-state index in [1.165, 1.54) is 0 Å². The van der Waals surface area contributed by atoms with E-state index in [0.717, 1.165) is 15.8 Å². The van der Waals surface area contributed by atoms with Crippen molar-refractivity contribution in [3.8, 4) is 0 Å². The van der Waals surface area contributed by atoms with Gasteiger partial charge in [-0.1, -0.05) is 45.0 Å². The van der Waals surface area contributed by atoms with Crippen LogP contribution in [-0.4, -0.2) is 45.9 Å². The number of nitrogens with one attached hydrogen (secondary N) is 1. The van der Waals surface area contributed by atoms with Crippen molar-refractivity contribution in [3.63, 3.8) is 0 Å². The van der Waals surface area contributed by atoms with Crippen molar-refractivity contribution in [1.82, 2.24) is 14.7 Å². The molecule has 0 bridgehead atoms. The lowest BCUT2D eigenvalue weighted by Gasteiger charge is -2.39. The van der Waals surface area contributed by atoms with Crippen LogP contribution < -0.4 is 5.32 Å². The van der Waals surface area contributed by atoms with Crippen LogP contribution in [-0.2, 0) is 11.2 Å². The van der Waals surface area contributed by atoms with Crippen LogP contribution >= 0.6 is 0 Å². The maximum Gasteiger partial charge on any atom is 0.410 e. The van der Waals surface area contributed by atoms with Gasteiger partial charge in [0, 0.05) is 31.1 Å². The molecule has 0 radical (unpaired) electrons. The van der Waals surface area contributed by atoms with Crippen LogP contribution in [0.2, 0.25) is 0 Å². The second-order valence-corrected chi connectivity index (χ2v) is 10.2. The number of rotatable bonds is 3. The first-order valence-electron chi connectivity index (χ1n) is 11.2. The first kappa shape index (κ1) is 22.7. The van der Waals surface area contributed by atoms with Gasteiger partial charge in [-0.25, -0.2) is 4.68 Å². The number of likely N-dealkylation sites (tertiary alicyclic amines) is 1. The summed E-state index contributed by atoms with van der Waals surface area (Å²) in [5, 5.41) is 7.66. The summed E-state index contributed by atoms with van der Waals surface area (Å²) < 4.78 is 42.6. The summed E-state index contributed by atoms with van der Waals surface area (Å²) >= 11 is 0. The number of hydrogen-bond acceptors (Lipinski definition) is 3. The number of halogens is 3. The van der Waals surface area contributed by atoms with Crippen LogP contribution in [0.3, 0.4) is 0 Å². The van der Waals surface area contributed by atoms with Crippen molar-refractivity contribution >= 4 is 11.7 Å². The van der Waals surface area contributed by atoms with E-state index >= 15 is 0 Å². The average molecular weight is 449 g/mol. The van der Waals surface area contributed by atoms with E-state index in [0.29, 0.717) is 37.4 Å². The van der Waals surface area contributed by atoms with Crippen molar-refractivity contribution in [1.29, 1.82) is 0 Å². The minimum atomic E-state index is -4.37. The summed E-state index contributed by atoms with van der Waals surface area (Å²) in [4.78, 5) is 14.6. The highest BCUT2D eigenvalue weighted by molar-refractivity contribution is 5.79. The minimum absolute atomic E-state index is 0.0462. The standard InChI is InChI=1S/C24H31F3N4O/c1-15-7-5-6-8-16(15)11-22(32)30-10-9-17(14-30)18-12-21-28-19(23(2,3)4)13-20(24(25,26)27)31(21)29-18/h5-8,12,17,19-20,28H,9-11,13-14H2,1-4H3/t17-,19-,20-/m1/s1. The number of alkyl halides is 3. The lowest BCUT2D eigenvalue weighted by atomic mass is 9.82. The Morgan fingerprint density at radius 1 is 1.22 bits per heavy atom. The van der Waals surface area contributed by atoms with Gasteiger partial charge in [-0.05, 0) is 36.3 Å². The van der Waals surface area contributed by atoms with Crippen molar-refractivity contribution in [2.75, 3.05) is 18.4 Å². The SMILES string of the molecule is Cc1ccccc1CC(=O)N1CC[C@@H](c2cc3n(n2)[C@@H](C(F)(F)F)C[C@H](C(C)(C)C)N3)C1. The molecule has 4 rings (SSSR count). The molecule has 2 aromatic rings. The number of fused-ring (bicyclic) bond motifs is 1. The van der Waals surface area contributed by atoms with Gasteiger partial charge < -0.3 is 10.2 Å². The topological polar surface area (TPSA) is 50.2 Å². The zero-order valence-corrected chi connectivity index (χ0v) is 19.0. The Labute approximate surface area is 187 Å². The zero-order valence-electron chi connectivity index (χ0n) is 19.0. The molecular weight excluding hydrogens is 417 g/mol. The molecule has 32 heavy (non-hydrogen) atoms. The largest absolute Gasteiger partial charge is 0.410 e. The average Bonchev–Trinajstić information content (AvgIpc) is 3.34. The molecule has 1 N–H and O–H groups in total. The van der Waals surface area contributed by atoms with Crippen molar-refractivity contribution < 1.29 is 18.0 Å². The summed E-state index contributed by atoms with van der Waals surface area (Å²) in [7, 11) is 0. The molecule has 3 heterocycles. The Morgan fingerprint density at radius 2 is 1.94 bits per heavy atom. The number of nitrogens with zero attached hydrogens (tertiary/aromatic N) is 3. The predicted octanol–water partition coefficient (Wildman–Crippen LogP) is 5.08. The molecular formula is C24H31F3N4O. The summed E-state index contributed by atoms with van der Waals surface area (Å²) in [6.45, 7) is 8.90. The number of anilines is 1. The van der Waals surface area contributed by atoms with Crippen molar-refractivity contribution in [3.05, 3.63) is 47.2 Å². The van der Waals surface area contributed by atoms with E-state index in [1.807, 2.05) is 56.9 Å². The monoisotopic (exact) mass is 448 g/mol. The van der Waals surface area contributed by atoms with Gasteiger partial charge in [0.15, 0.2) is 6.04 Å². The Bertz CT molecular complexity index is 992. The van der Waals surface area contributed by atoms with E-state index in [-0.39, 0.29) is 29.7 Å². The predicted molar refractivity (Wildman–Crippen MR) is 118 cm³/mol. The van der Waals surface area contributed by atoms with Crippen LogP contribution in [0.1, 0.15) is 62.4 Å². The molecule has 5 nitrogen and oxygen atoms in total. The number of hydrogen-bond donors (Lipinski definition) is 1. The lowest BCUT2D eigenvalue weighted by Crippen LogP contribution is -2.44. The number of aryl methyl sites for hydroxylation is 1. The number of aromatic nitrogens is 2. The molecule has 0 saturated carbocycles. The number of amides is 1. The first-order valence-corrected chi connectivity index (χ1v) is 11.2. The summed E-state index contributed by atoms with van der Waals surface area (Å²) in [5.74, 6) is 0.403. The second kappa shape index (κ2) is 8.12. The highest BCUT2D eigenvalue weighted by atomic mass is 19.4. The Morgan fingerprint density at radius 3 is 2.59 bits per heavy atom. The molecule has 3 atom stereocenters. The van der Waals surface area contributed by atoms with Crippen molar-refractivity contribution in [2.24, 2.45) is 5.41 Å². The zero-order chi connectivity index (χ0) is 23.3. The van der Waals surface area contributed by atoms with Gasteiger partial charge in [0.2, 0.25) is 5.91 Å². The quantitative estimate of drug-likeness (QED) is 0.712. The summed E-state index contributed by atoms with van der Waals surface area (Å²) in [5.41, 5.74) is 2.40. The van der Waals surface area contributed by atoms with Gasteiger partial charge in [0.05, 0.1) is 12.1 Å². The van der Waals surface area contributed by atoms with Crippen molar-refractivity contribution in [2.45, 2.75) is 71.1 Å². The van der Waals surface area contributed by atoms with E-state index < -0.39 is 12.2 Å². The highest BCUT2D eigenvalue weighted by Gasteiger charge is 2.48. The van der Waals surface area contributed by atoms with Crippen LogP contribution in [0, 0.1) is 12.3 Å². The normalized spacial score (nSPS) is 23.7. The first-order chi connectivity index (χ1) is 14.9. The summed E-state index contributed by atoms with van der Waals surface area (Å²) in [6.07, 6.45) is -3.37. The molecule has 1 amide bonds. The fourth-order valence-electron chi connectivity index (χ4n) is 4.67. The Hall–Kier alpha value is -2.51. The van der Waals surface area contributed by atoms with Crippen LogP contribution in [0.25, 0.3) is 0 Å². The van der Waals surface area contributed by atoms with E-state index in [4.69, 9.17) is 0 Å². The third-order valence-electron chi connectivity index (χ3n) is 6.82. The van der Waals surface area contributed by atoms with Crippen LogP contribution in [0.5, 0.6) is 0 Å².